The first-order valence-corrected chi connectivity index (χ1v) is 4.03. The van der Waals surface area contributed by atoms with E-state index in [4.69, 9.17) is 0 Å². The Kier molecular flexibility index (Phi) is 1.19. The van der Waals surface area contributed by atoms with Gasteiger partial charge in [-0.3, -0.25) is 0 Å². The Bertz CT molecular complexity index is 423. The average molecular weight is 170 g/mol. The fourth-order valence-corrected chi connectivity index (χ4v) is 1.61. The lowest BCUT2D eigenvalue weighted by atomic mass is 10.2. The molecule has 0 saturated carbocycles. The van der Waals surface area contributed by atoms with Gasteiger partial charge in [-0.15, -0.1) is 0 Å². The van der Waals surface area contributed by atoms with Crippen molar-refractivity contribution in [2.45, 2.75) is 6.42 Å². The fourth-order valence-electron chi connectivity index (χ4n) is 1.61. The number of fused-ring (bicyclic) bond motifs is 3. The topological polar surface area (TPSA) is 51.6 Å². The van der Waals surface area contributed by atoms with Crippen molar-refractivity contribution < 1.29 is 0 Å². The van der Waals surface area contributed by atoms with E-state index < -0.39 is 0 Å². The molecule has 0 aromatic carbocycles. The molecule has 1 aliphatic rings. The maximum Gasteiger partial charge on any atom is 0.116 e. The van der Waals surface area contributed by atoms with Crippen LogP contribution < -0.4 is 0 Å². The molecule has 0 aliphatic heterocycles. The molecule has 0 atom stereocenters. The van der Waals surface area contributed by atoms with Gasteiger partial charge in [0.25, 0.3) is 0 Å². The van der Waals surface area contributed by atoms with Crippen molar-refractivity contribution in [3.63, 3.8) is 0 Å². The van der Waals surface area contributed by atoms with E-state index in [2.05, 4.69) is 19.9 Å². The maximum absolute atomic E-state index is 4.20. The van der Waals surface area contributed by atoms with E-state index in [1.807, 2.05) is 12.4 Å². The summed E-state index contributed by atoms with van der Waals surface area (Å²) in [6.07, 6.45) is 7.63. The SMILES string of the molecule is c1ncc2c(n1)-c1ncncc1C2. The summed E-state index contributed by atoms with van der Waals surface area (Å²) < 4.78 is 0. The highest BCUT2D eigenvalue weighted by molar-refractivity contribution is 5.68. The lowest BCUT2D eigenvalue weighted by Gasteiger charge is -1.94. The predicted molar refractivity (Wildman–Crippen MR) is 45.9 cm³/mol. The normalized spacial score (nSPS) is 12.3. The Morgan fingerprint density at radius 3 is 1.92 bits per heavy atom. The van der Waals surface area contributed by atoms with Gasteiger partial charge in [0.2, 0.25) is 0 Å². The predicted octanol–water partition coefficient (Wildman–Crippen LogP) is 0.838. The smallest absolute Gasteiger partial charge is 0.116 e. The molecule has 0 unspecified atom stereocenters. The zero-order valence-electron chi connectivity index (χ0n) is 6.81. The largest absolute Gasteiger partial charge is 0.244 e. The second kappa shape index (κ2) is 2.32. The molecule has 0 fully saturated rings. The zero-order valence-corrected chi connectivity index (χ0v) is 6.81. The van der Waals surface area contributed by atoms with Crippen LogP contribution in [0.15, 0.2) is 25.0 Å². The number of rotatable bonds is 0. The zero-order chi connectivity index (χ0) is 8.67. The van der Waals surface area contributed by atoms with Gasteiger partial charge in [-0.25, -0.2) is 19.9 Å². The van der Waals surface area contributed by atoms with Crippen LogP contribution >= 0.6 is 0 Å². The van der Waals surface area contributed by atoms with E-state index in [0.717, 1.165) is 28.9 Å². The van der Waals surface area contributed by atoms with Gasteiger partial charge in [0, 0.05) is 29.9 Å². The molecule has 62 valence electrons. The van der Waals surface area contributed by atoms with Crippen molar-refractivity contribution in [2.24, 2.45) is 0 Å². The van der Waals surface area contributed by atoms with Crippen LogP contribution in [0.2, 0.25) is 0 Å². The van der Waals surface area contributed by atoms with Gasteiger partial charge in [-0.2, -0.15) is 0 Å². The molecule has 0 spiro atoms. The fraction of sp³-hybridized carbons (Fsp3) is 0.111. The van der Waals surface area contributed by atoms with Gasteiger partial charge in [-0.05, 0) is 0 Å². The molecule has 3 rings (SSSR count). The van der Waals surface area contributed by atoms with Crippen LogP contribution in [0.4, 0.5) is 0 Å². The summed E-state index contributed by atoms with van der Waals surface area (Å²) in [4.78, 5) is 16.4. The van der Waals surface area contributed by atoms with E-state index in [9.17, 15) is 0 Å². The van der Waals surface area contributed by atoms with Gasteiger partial charge in [0.1, 0.15) is 12.7 Å². The third kappa shape index (κ3) is 0.853. The molecule has 0 radical (unpaired) electrons. The Balaban J connectivity index is 2.32. The second-order valence-electron chi connectivity index (χ2n) is 2.97. The van der Waals surface area contributed by atoms with Crippen molar-refractivity contribution in [1.82, 2.24) is 19.9 Å². The van der Waals surface area contributed by atoms with E-state index in [1.54, 1.807) is 12.7 Å². The summed E-state index contributed by atoms with van der Waals surface area (Å²) in [5, 5.41) is 0. The lowest BCUT2D eigenvalue weighted by molar-refractivity contribution is 1.11. The number of hydrogen-bond donors (Lipinski definition) is 0. The van der Waals surface area contributed by atoms with Gasteiger partial charge in [-0.1, -0.05) is 0 Å². The third-order valence-electron chi connectivity index (χ3n) is 2.18. The molecule has 0 amide bonds. The quantitative estimate of drug-likeness (QED) is 0.501. The molecule has 1 aliphatic carbocycles. The molecule has 2 aromatic rings. The lowest BCUT2D eigenvalue weighted by Crippen LogP contribution is -1.87. The van der Waals surface area contributed by atoms with Crippen LogP contribution in [0.1, 0.15) is 11.1 Å². The summed E-state index contributed by atoms with van der Waals surface area (Å²) in [7, 11) is 0. The van der Waals surface area contributed by atoms with Crippen molar-refractivity contribution in [2.75, 3.05) is 0 Å². The molecule has 0 bridgehead atoms. The minimum atomic E-state index is 0.854. The summed E-state index contributed by atoms with van der Waals surface area (Å²) in [6.45, 7) is 0. The van der Waals surface area contributed by atoms with Crippen LogP contribution in [-0.2, 0) is 6.42 Å². The van der Waals surface area contributed by atoms with Gasteiger partial charge in [0.15, 0.2) is 0 Å². The molecule has 2 heterocycles. The van der Waals surface area contributed by atoms with Crippen molar-refractivity contribution in [1.29, 1.82) is 0 Å². The van der Waals surface area contributed by atoms with Crippen LogP contribution in [0.5, 0.6) is 0 Å². The second-order valence-corrected chi connectivity index (χ2v) is 2.97. The number of aromatic nitrogens is 4. The molecule has 4 nitrogen and oxygen atoms in total. The highest BCUT2D eigenvalue weighted by atomic mass is 14.9. The van der Waals surface area contributed by atoms with E-state index >= 15 is 0 Å². The molecule has 4 heteroatoms. The summed E-state index contributed by atoms with van der Waals surface area (Å²) >= 11 is 0. The molecule has 0 N–H and O–H groups in total. The van der Waals surface area contributed by atoms with E-state index in [1.165, 1.54) is 0 Å². The molecule has 2 aromatic heterocycles. The maximum atomic E-state index is 4.20. The molecular weight excluding hydrogens is 164 g/mol. The summed E-state index contributed by atoms with van der Waals surface area (Å²) in [5.74, 6) is 0. The minimum absolute atomic E-state index is 0.854. The van der Waals surface area contributed by atoms with Crippen LogP contribution in [0.25, 0.3) is 11.4 Å². The number of nitrogens with zero attached hydrogens (tertiary/aromatic N) is 4. The van der Waals surface area contributed by atoms with Crippen molar-refractivity contribution in [3.8, 4) is 11.4 Å². The Morgan fingerprint density at radius 2 is 1.38 bits per heavy atom. The monoisotopic (exact) mass is 170 g/mol. The van der Waals surface area contributed by atoms with Gasteiger partial charge in [0.05, 0.1) is 11.4 Å². The Hall–Kier alpha value is -1.84. The van der Waals surface area contributed by atoms with E-state index in [-0.39, 0.29) is 0 Å². The van der Waals surface area contributed by atoms with Crippen LogP contribution in [-0.4, -0.2) is 19.9 Å². The van der Waals surface area contributed by atoms with E-state index in [0.29, 0.717) is 0 Å². The van der Waals surface area contributed by atoms with Crippen molar-refractivity contribution >= 4 is 0 Å². The molecular formula is C9H6N4. The third-order valence-corrected chi connectivity index (χ3v) is 2.18. The van der Waals surface area contributed by atoms with Gasteiger partial charge >= 0.3 is 0 Å². The Morgan fingerprint density at radius 1 is 0.846 bits per heavy atom. The van der Waals surface area contributed by atoms with Crippen molar-refractivity contribution in [3.05, 3.63) is 36.2 Å². The first-order valence-electron chi connectivity index (χ1n) is 4.03. The standard InChI is InChI=1S/C9H6N4/c1-6-2-10-4-12-8(6)9-7(1)3-11-5-13-9/h2-5H,1H2. The number of hydrogen-bond acceptors (Lipinski definition) is 4. The highest BCUT2D eigenvalue weighted by Gasteiger charge is 2.20. The first kappa shape index (κ1) is 6.65. The van der Waals surface area contributed by atoms with Crippen LogP contribution in [0.3, 0.4) is 0 Å². The summed E-state index contributed by atoms with van der Waals surface area (Å²) in [6, 6.07) is 0. The van der Waals surface area contributed by atoms with Gasteiger partial charge < -0.3 is 0 Å². The highest BCUT2D eigenvalue weighted by Crippen LogP contribution is 2.30. The molecule has 0 saturated heterocycles. The first-order chi connectivity index (χ1) is 6.45. The van der Waals surface area contributed by atoms with Crippen LogP contribution in [0, 0.1) is 0 Å². The summed E-state index contributed by atoms with van der Waals surface area (Å²) in [5.41, 5.74) is 4.18. The average Bonchev–Trinajstić information content (AvgIpc) is 2.56. The minimum Gasteiger partial charge on any atom is -0.244 e. The molecule has 13 heavy (non-hydrogen) atoms. The Labute approximate surface area is 74.7 Å².